The Morgan fingerprint density at radius 3 is 1.69 bits per heavy atom. The quantitative estimate of drug-likeness (QED) is 0.0573. The highest BCUT2D eigenvalue weighted by molar-refractivity contribution is 5.77. The Bertz CT molecular complexity index is 1090. The van der Waals surface area contributed by atoms with Crippen molar-refractivity contribution in [1.29, 1.82) is 0 Å². The van der Waals surface area contributed by atoms with Crippen LogP contribution in [0.2, 0.25) is 0 Å². The molecule has 0 bridgehead atoms. The topological polar surface area (TPSA) is 62.2 Å². The minimum Gasteiger partial charge on any atom is -0.465 e. The zero-order valence-corrected chi connectivity index (χ0v) is 34.0. The molecule has 296 valence electrons. The van der Waals surface area contributed by atoms with Crippen molar-refractivity contribution in [2.24, 2.45) is 0 Å². The number of rotatable bonds is 34. The van der Waals surface area contributed by atoms with Crippen molar-refractivity contribution in [1.82, 2.24) is 9.80 Å². The van der Waals surface area contributed by atoms with Crippen molar-refractivity contribution in [3.8, 4) is 11.5 Å². The van der Waals surface area contributed by atoms with Gasteiger partial charge in [-0.3, -0.25) is 4.79 Å². The highest BCUT2D eigenvalue weighted by Crippen LogP contribution is 2.25. The van der Waals surface area contributed by atoms with Gasteiger partial charge in [0.2, 0.25) is 0 Å². The molecule has 0 saturated heterocycles. The summed E-state index contributed by atoms with van der Waals surface area (Å²) < 4.78 is 11.5. The van der Waals surface area contributed by atoms with Crippen molar-refractivity contribution in [2.75, 3.05) is 45.9 Å². The maximum Gasteiger partial charge on any atom is 0.313 e. The monoisotopic (exact) mass is 723 g/mol. The van der Waals surface area contributed by atoms with Gasteiger partial charge in [-0.1, -0.05) is 154 Å². The molecule has 6 nitrogen and oxygen atoms in total. The smallest absolute Gasteiger partial charge is 0.313 e. The zero-order valence-electron chi connectivity index (χ0n) is 34.0. The van der Waals surface area contributed by atoms with E-state index in [1.54, 1.807) is 0 Å². The lowest BCUT2D eigenvalue weighted by Crippen LogP contribution is -2.36. The lowest BCUT2D eigenvalue weighted by molar-refractivity contribution is -0.145. The Hall–Kier alpha value is -2.41. The number of unbranched alkanes of at least 4 members (excludes halogenated alkanes) is 16. The number of carbonyl (C=O) groups excluding carboxylic acids is 1. The second kappa shape index (κ2) is 31.0. The lowest BCUT2D eigenvalue weighted by atomic mass is 10.0. The van der Waals surface area contributed by atoms with Gasteiger partial charge < -0.3 is 24.4 Å². The Labute approximate surface area is 320 Å². The summed E-state index contributed by atoms with van der Waals surface area (Å²) in [6.07, 6.45) is 25.1. The summed E-state index contributed by atoms with van der Waals surface area (Å²) in [5, 5.41) is 10.9. The second-order valence-corrected chi connectivity index (χ2v) is 15.0. The predicted octanol–water partition coefficient (Wildman–Crippen LogP) is 12.0. The molecule has 2 aromatic rings. The summed E-state index contributed by atoms with van der Waals surface area (Å²) in [6, 6.07) is 17.4. The standard InChI is InChI=1S/C46H78N2O4/c1-5-8-9-10-11-12-13-14-15-16-17-18-19-23-29-43(49)40-48(38-28-37-47(6-2)7-3)36-26-20-21-27-39-51-46(50)41(4)42-32-34-45(35-33-42)52-44-30-24-22-25-31-44/h22,24-25,30-35,41,43,49H,5-21,23,26-29,36-40H2,1-4H3. The van der Waals surface area contributed by atoms with Crippen LogP contribution in [0.4, 0.5) is 0 Å². The van der Waals surface area contributed by atoms with E-state index in [0.717, 1.165) is 101 Å². The summed E-state index contributed by atoms with van der Waals surface area (Å²) in [5.41, 5.74) is 0.929. The molecule has 6 heteroatoms. The van der Waals surface area contributed by atoms with E-state index in [2.05, 4.69) is 30.6 Å². The van der Waals surface area contributed by atoms with Crippen LogP contribution in [0, 0.1) is 0 Å². The van der Waals surface area contributed by atoms with Gasteiger partial charge in [0.25, 0.3) is 0 Å². The number of carbonyl (C=O) groups is 1. The highest BCUT2D eigenvalue weighted by atomic mass is 16.5. The van der Waals surface area contributed by atoms with Gasteiger partial charge in [-0.2, -0.15) is 0 Å². The Kier molecular flexibility index (Phi) is 27.3. The number of aliphatic hydroxyl groups is 1. The van der Waals surface area contributed by atoms with Crippen LogP contribution in [0.25, 0.3) is 0 Å². The van der Waals surface area contributed by atoms with E-state index in [-0.39, 0.29) is 18.0 Å². The molecular formula is C46H78N2O4. The fourth-order valence-corrected chi connectivity index (χ4v) is 6.99. The van der Waals surface area contributed by atoms with E-state index < -0.39 is 0 Å². The molecular weight excluding hydrogens is 645 g/mol. The van der Waals surface area contributed by atoms with Crippen LogP contribution in [0.1, 0.15) is 168 Å². The summed E-state index contributed by atoms with van der Waals surface area (Å²) in [4.78, 5) is 17.7. The maximum atomic E-state index is 12.7. The number of nitrogens with zero attached hydrogens (tertiary/aromatic N) is 2. The molecule has 0 heterocycles. The van der Waals surface area contributed by atoms with E-state index in [4.69, 9.17) is 9.47 Å². The number of aliphatic hydroxyl groups excluding tert-OH is 1. The number of benzene rings is 2. The molecule has 0 aromatic heterocycles. The van der Waals surface area contributed by atoms with Crippen molar-refractivity contribution < 1.29 is 19.4 Å². The first-order chi connectivity index (χ1) is 25.5. The third-order valence-corrected chi connectivity index (χ3v) is 10.5. The van der Waals surface area contributed by atoms with Crippen LogP contribution >= 0.6 is 0 Å². The molecule has 0 spiro atoms. The Balaban J connectivity index is 1.58. The normalized spacial score (nSPS) is 12.8. The minimum atomic E-state index is -0.313. The summed E-state index contributed by atoms with van der Waals surface area (Å²) in [6.45, 7) is 15.3. The molecule has 0 radical (unpaired) electrons. The second-order valence-electron chi connectivity index (χ2n) is 15.0. The van der Waals surface area contributed by atoms with Gasteiger partial charge in [0.15, 0.2) is 0 Å². The molecule has 0 amide bonds. The van der Waals surface area contributed by atoms with E-state index in [9.17, 15) is 9.90 Å². The average Bonchev–Trinajstić information content (AvgIpc) is 3.16. The van der Waals surface area contributed by atoms with Crippen molar-refractivity contribution in [3.05, 3.63) is 60.2 Å². The molecule has 0 aliphatic rings. The molecule has 0 fully saturated rings. The van der Waals surface area contributed by atoms with Crippen LogP contribution in [0.15, 0.2) is 54.6 Å². The van der Waals surface area contributed by atoms with Gasteiger partial charge in [-0.25, -0.2) is 0 Å². The first-order valence-corrected chi connectivity index (χ1v) is 21.6. The number of para-hydroxylation sites is 1. The third kappa shape index (κ3) is 22.6. The predicted molar refractivity (Wildman–Crippen MR) is 221 cm³/mol. The molecule has 2 unspecified atom stereocenters. The largest absolute Gasteiger partial charge is 0.465 e. The SMILES string of the molecule is CCCCCCCCCCCCCCCCC(O)CN(CCCCCCOC(=O)C(C)c1ccc(Oc2ccccc2)cc1)CCCN(CC)CC. The lowest BCUT2D eigenvalue weighted by Gasteiger charge is -2.27. The number of esters is 1. The Morgan fingerprint density at radius 2 is 1.10 bits per heavy atom. The highest BCUT2D eigenvalue weighted by Gasteiger charge is 2.17. The van der Waals surface area contributed by atoms with Gasteiger partial charge in [0, 0.05) is 6.54 Å². The molecule has 1 N–H and O–H groups in total. The van der Waals surface area contributed by atoms with Crippen LogP contribution in [-0.4, -0.2) is 72.9 Å². The minimum absolute atomic E-state index is 0.177. The first kappa shape index (κ1) is 45.7. The van der Waals surface area contributed by atoms with E-state index in [1.807, 2.05) is 61.5 Å². The van der Waals surface area contributed by atoms with E-state index in [0.29, 0.717) is 6.61 Å². The molecule has 0 aliphatic carbocycles. The van der Waals surface area contributed by atoms with Crippen LogP contribution in [0.3, 0.4) is 0 Å². The number of ether oxygens (including phenoxy) is 2. The van der Waals surface area contributed by atoms with Crippen molar-refractivity contribution in [3.63, 3.8) is 0 Å². The maximum absolute atomic E-state index is 12.7. The number of hydrogen-bond acceptors (Lipinski definition) is 6. The zero-order chi connectivity index (χ0) is 37.5. The van der Waals surface area contributed by atoms with Crippen molar-refractivity contribution >= 4 is 5.97 Å². The first-order valence-electron chi connectivity index (χ1n) is 21.6. The average molecular weight is 723 g/mol. The summed E-state index contributed by atoms with van der Waals surface area (Å²) >= 11 is 0. The summed E-state index contributed by atoms with van der Waals surface area (Å²) in [5.74, 6) is 1.05. The summed E-state index contributed by atoms with van der Waals surface area (Å²) in [7, 11) is 0. The van der Waals surface area contributed by atoms with Gasteiger partial charge >= 0.3 is 5.97 Å². The number of hydrogen-bond donors (Lipinski definition) is 1. The molecule has 2 atom stereocenters. The van der Waals surface area contributed by atoms with Gasteiger partial charge in [0.05, 0.1) is 18.6 Å². The fourth-order valence-electron chi connectivity index (χ4n) is 6.99. The fraction of sp³-hybridized carbons (Fsp3) is 0.717. The molecule has 52 heavy (non-hydrogen) atoms. The van der Waals surface area contributed by atoms with Crippen LogP contribution in [-0.2, 0) is 9.53 Å². The molecule has 2 rings (SSSR count). The van der Waals surface area contributed by atoms with Crippen molar-refractivity contribution in [2.45, 2.75) is 168 Å². The van der Waals surface area contributed by atoms with Gasteiger partial charge in [-0.15, -0.1) is 0 Å². The molecule has 2 aromatic carbocycles. The third-order valence-electron chi connectivity index (χ3n) is 10.5. The Morgan fingerprint density at radius 1 is 0.596 bits per heavy atom. The molecule has 0 saturated carbocycles. The molecule has 0 aliphatic heterocycles. The van der Waals surface area contributed by atoms with E-state index in [1.165, 1.54) is 83.5 Å². The van der Waals surface area contributed by atoms with Gasteiger partial charge in [0.1, 0.15) is 11.5 Å². The van der Waals surface area contributed by atoms with Gasteiger partial charge in [-0.05, 0) is 95.2 Å². The van der Waals surface area contributed by atoms with E-state index >= 15 is 0 Å². The van der Waals surface area contributed by atoms with Crippen LogP contribution < -0.4 is 4.74 Å². The van der Waals surface area contributed by atoms with Crippen LogP contribution in [0.5, 0.6) is 11.5 Å².